The largest absolute Gasteiger partial charge is 0.367 e. The number of aliphatic hydroxyl groups excluding tert-OH is 1. The number of aliphatic hydroxyl groups is 1. The van der Waals surface area contributed by atoms with Gasteiger partial charge in [-0.05, 0) is 14.1 Å². The van der Waals surface area contributed by atoms with Gasteiger partial charge in [0.1, 0.15) is 7.85 Å². The van der Waals surface area contributed by atoms with E-state index in [-0.39, 0.29) is 6.00 Å². The monoisotopic (exact) mass is 220 g/mol. The van der Waals surface area contributed by atoms with Crippen LogP contribution in [0.2, 0.25) is 0 Å². The van der Waals surface area contributed by atoms with Crippen molar-refractivity contribution in [2.24, 2.45) is 0 Å². The van der Waals surface area contributed by atoms with E-state index in [1.165, 1.54) is 0 Å². The van der Waals surface area contributed by atoms with Crippen molar-refractivity contribution in [3.05, 3.63) is 0 Å². The van der Waals surface area contributed by atoms with E-state index in [9.17, 15) is 9.67 Å². The summed E-state index contributed by atoms with van der Waals surface area (Å²) in [6, 6.07) is -0.0769. The molecule has 0 spiro atoms. The van der Waals surface area contributed by atoms with Crippen LogP contribution in [0.25, 0.3) is 0 Å². The Kier molecular flexibility index (Phi) is 3.78. The van der Waals surface area contributed by atoms with Crippen molar-refractivity contribution in [2.75, 3.05) is 33.8 Å². The first kappa shape index (κ1) is 12.2. The molecule has 5 nitrogen and oxygen atoms in total. The summed E-state index contributed by atoms with van der Waals surface area (Å²) in [7, 11) is 2.95. The molecule has 82 valence electrons. The van der Waals surface area contributed by atoms with Gasteiger partial charge < -0.3 is 9.84 Å². The Morgan fingerprint density at radius 1 is 1.57 bits per heavy atom. The summed E-state index contributed by atoms with van der Waals surface area (Å²) in [6.45, 7) is 2.62. The summed E-state index contributed by atoms with van der Waals surface area (Å²) in [5.74, 6) is 0. The smallest absolute Gasteiger partial charge is 0.213 e. The van der Waals surface area contributed by atoms with Gasteiger partial charge in [-0.2, -0.15) is 0 Å². The van der Waals surface area contributed by atoms with Crippen molar-refractivity contribution in [3.63, 3.8) is 0 Å². The average molecular weight is 220 g/mol. The molecule has 1 saturated heterocycles. The molecule has 1 aliphatic rings. The molecule has 1 N–H and O–H groups in total. The molecule has 1 aliphatic heterocycles. The maximum absolute atomic E-state index is 12.2. The van der Waals surface area contributed by atoms with E-state index in [1.54, 1.807) is 30.1 Å². The summed E-state index contributed by atoms with van der Waals surface area (Å²) in [6.07, 6.45) is -0.827. The van der Waals surface area contributed by atoms with Crippen LogP contribution in [0.15, 0.2) is 0 Å². The molecule has 0 aromatic carbocycles. The van der Waals surface area contributed by atoms with Crippen molar-refractivity contribution in [1.82, 2.24) is 9.34 Å². The van der Waals surface area contributed by atoms with Crippen LogP contribution in [-0.2, 0) is 9.30 Å². The minimum absolute atomic E-state index is 0.0769. The maximum atomic E-state index is 12.2. The van der Waals surface area contributed by atoms with E-state index in [2.05, 4.69) is 0 Å². The zero-order chi connectivity index (χ0) is 10.9. The molecular formula is C7H18BN2O3P. The Hall–Kier alpha value is 0.135. The van der Waals surface area contributed by atoms with Crippen LogP contribution in [-0.4, -0.2) is 68.4 Å². The summed E-state index contributed by atoms with van der Waals surface area (Å²) >= 11 is 0. The first-order chi connectivity index (χ1) is 6.34. The quantitative estimate of drug-likeness (QED) is 0.477. The van der Waals surface area contributed by atoms with Gasteiger partial charge in [-0.3, -0.25) is 4.57 Å². The first-order valence-corrected chi connectivity index (χ1v) is 6.74. The van der Waals surface area contributed by atoms with Crippen LogP contribution in [0, 0.1) is 0 Å². The summed E-state index contributed by atoms with van der Waals surface area (Å²) in [5.41, 5.74) is 0. The molecule has 1 heterocycles. The number of rotatable bonds is 2. The van der Waals surface area contributed by atoms with Crippen molar-refractivity contribution < 1.29 is 14.4 Å². The average Bonchev–Trinajstić information content (AvgIpc) is 2.01. The molecule has 0 bridgehead atoms. The zero-order valence-electron chi connectivity index (χ0n) is 9.17. The van der Waals surface area contributed by atoms with Crippen LogP contribution in [0.1, 0.15) is 0 Å². The minimum atomic E-state index is -2.49. The third-order valence-electron chi connectivity index (χ3n) is 2.49. The van der Waals surface area contributed by atoms with Gasteiger partial charge in [-0.25, -0.2) is 9.34 Å². The molecule has 7 heteroatoms. The molecular weight excluding hydrogens is 202 g/mol. The fourth-order valence-corrected chi connectivity index (χ4v) is 2.94. The lowest BCUT2D eigenvalue weighted by molar-refractivity contribution is -0.146. The van der Waals surface area contributed by atoms with Gasteiger partial charge in [0.05, 0.1) is 6.54 Å². The fraction of sp³-hybridized carbons (Fsp3) is 1.00. The first-order valence-electron chi connectivity index (χ1n) is 4.68. The number of hydrogen-bond acceptors (Lipinski definition) is 3. The van der Waals surface area contributed by atoms with Gasteiger partial charge in [0.15, 0.2) is 6.29 Å². The van der Waals surface area contributed by atoms with Crippen molar-refractivity contribution in [1.29, 1.82) is 0 Å². The predicted molar refractivity (Wildman–Crippen MR) is 58.2 cm³/mol. The summed E-state index contributed by atoms with van der Waals surface area (Å²) in [5, 5.41) is 9.39. The minimum Gasteiger partial charge on any atom is -0.367 e. The third-order valence-corrected chi connectivity index (χ3v) is 5.35. The molecule has 0 aromatic heterocycles. The number of nitrogens with zero attached hydrogens (tertiary/aromatic N) is 2. The lowest BCUT2D eigenvalue weighted by Gasteiger charge is -2.40. The van der Waals surface area contributed by atoms with Crippen LogP contribution in [0.5, 0.6) is 0 Å². The van der Waals surface area contributed by atoms with Gasteiger partial charge in [0.25, 0.3) is 0 Å². The van der Waals surface area contributed by atoms with Crippen LogP contribution in [0.4, 0.5) is 0 Å². The number of β-amino-alcohol motifs (C(OH)–C–C–N with tert-alkyl or cyclic N) is 1. The second-order valence-electron chi connectivity index (χ2n) is 3.96. The second-order valence-corrected chi connectivity index (χ2v) is 6.99. The SMILES string of the molecule is BC1CN(P(C)(=O)N(C)C)CC(O)O1. The standard InChI is InChI=1S/C7H18BN2O3P/c1-9(2)14(3,12)10-4-6(8)13-7(11)5-10/h6-7,11H,4-5,8H2,1-3H3. The number of hydrogen-bond donors (Lipinski definition) is 1. The van der Waals surface area contributed by atoms with Gasteiger partial charge in [-0.15, -0.1) is 0 Å². The van der Waals surface area contributed by atoms with E-state index >= 15 is 0 Å². The highest BCUT2D eigenvalue weighted by molar-refractivity contribution is 7.58. The second kappa shape index (κ2) is 4.33. The highest BCUT2D eigenvalue weighted by Gasteiger charge is 2.34. The lowest BCUT2D eigenvalue weighted by atomic mass is 9.99. The molecule has 1 rings (SSSR count). The molecule has 0 radical (unpaired) electrons. The van der Waals surface area contributed by atoms with Crippen molar-refractivity contribution in [3.8, 4) is 0 Å². The summed E-state index contributed by atoms with van der Waals surface area (Å²) < 4.78 is 20.9. The zero-order valence-corrected chi connectivity index (χ0v) is 10.1. The van der Waals surface area contributed by atoms with Crippen molar-refractivity contribution in [2.45, 2.75) is 12.3 Å². The van der Waals surface area contributed by atoms with Gasteiger partial charge in [0, 0.05) is 19.2 Å². The lowest BCUT2D eigenvalue weighted by Crippen LogP contribution is -2.47. The van der Waals surface area contributed by atoms with Gasteiger partial charge in [0.2, 0.25) is 7.44 Å². The van der Waals surface area contributed by atoms with Crippen molar-refractivity contribution >= 4 is 15.3 Å². The Balaban J connectivity index is 2.73. The van der Waals surface area contributed by atoms with Crippen LogP contribution < -0.4 is 0 Å². The molecule has 1 fully saturated rings. The molecule has 0 aromatic rings. The predicted octanol–water partition coefficient (Wildman–Crippen LogP) is -1.02. The molecule has 14 heavy (non-hydrogen) atoms. The van der Waals surface area contributed by atoms with E-state index in [4.69, 9.17) is 4.74 Å². The molecule has 0 saturated carbocycles. The molecule has 0 amide bonds. The van der Waals surface area contributed by atoms with Gasteiger partial charge in [-0.1, -0.05) is 0 Å². The molecule has 3 unspecified atom stereocenters. The highest BCUT2D eigenvalue weighted by atomic mass is 31.2. The molecule has 0 aliphatic carbocycles. The normalized spacial score (nSPS) is 34.4. The van der Waals surface area contributed by atoms with Gasteiger partial charge >= 0.3 is 0 Å². The Morgan fingerprint density at radius 3 is 2.57 bits per heavy atom. The molecule has 3 atom stereocenters. The Bertz CT molecular complexity index is 241. The third kappa shape index (κ3) is 2.58. The maximum Gasteiger partial charge on any atom is 0.213 e. The highest BCUT2D eigenvalue weighted by Crippen LogP contribution is 2.48. The van der Waals surface area contributed by atoms with E-state index in [0.717, 1.165) is 0 Å². The topological polar surface area (TPSA) is 53.0 Å². The van der Waals surface area contributed by atoms with Crippen LogP contribution >= 0.6 is 7.44 Å². The number of ether oxygens (including phenoxy) is 1. The van der Waals surface area contributed by atoms with E-state index < -0.39 is 13.7 Å². The van der Waals surface area contributed by atoms with E-state index in [1.807, 2.05) is 7.85 Å². The fourth-order valence-electron chi connectivity index (χ4n) is 1.46. The Morgan fingerprint density at radius 2 is 2.14 bits per heavy atom. The van der Waals surface area contributed by atoms with Crippen LogP contribution in [0.3, 0.4) is 0 Å². The summed E-state index contributed by atoms with van der Waals surface area (Å²) in [4.78, 5) is 0. The Labute approximate surface area is 85.9 Å². The number of morpholine rings is 1. The van der Waals surface area contributed by atoms with E-state index in [0.29, 0.717) is 13.1 Å².